The molecule has 94 valence electrons. The molecule has 0 aliphatic carbocycles. The molecule has 0 radical (unpaired) electrons. The van der Waals surface area contributed by atoms with E-state index in [0.29, 0.717) is 9.54 Å². The van der Waals surface area contributed by atoms with Crippen molar-refractivity contribution in [3.8, 4) is 0 Å². The molecule has 0 bridgehead atoms. The van der Waals surface area contributed by atoms with Gasteiger partial charge in [0.1, 0.15) is 10.3 Å². The van der Waals surface area contributed by atoms with Crippen LogP contribution in [0, 0.1) is 0 Å². The molecule has 5 nitrogen and oxygen atoms in total. The number of hydrogen-bond acceptors (Lipinski definition) is 5. The predicted octanol–water partition coefficient (Wildman–Crippen LogP) is 1.66. The van der Waals surface area contributed by atoms with Gasteiger partial charge in [-0.2, -0.15) is 4.31 Å². The summed E-state index contributed by atoms with van der Waals surface area (Å²) < 4.78 is 26.3. The molecule has 1 unspecified atom stereocenters. The van der Waals surface area contributed by atoms with E-state index in [1.807, 2.05) is 0 Å². The van der Waals surface area contributed by atoms with Crippen LogP contribution in [-0.4, -0.2) is 41.5 Å². The molecule has 0 saturated carbocycles. The number of carboxylic acids is 1. The van der Waals surface area contributed by atoms with Gasteiger partial charge in [-0.05, 0) is 28.1 Å². The Hall–Kier alpha value is -0.0900. The highest BCUT2D eigenvalue weighted by Gasteiger charge is 2.40. The molecular weight excluding hydrogens is 350 g/mol. The SMILES string of the molecule is O=C(O)C1CSCN1S(=O)(=O)c1ccc(Br)s1. The van der Waals surface area contributed by atoms with E-state index in [4.69, 9.17) is 5.11 Å². The summed E-state index contributed by atoms with van der Waals surface area (Å²) in [5.74, 6) is -0.621. The summed E-state index contributed by atoms with van der Waals surface area (Å²) in [5.41, 5.74) is 0. The predicted molar refractivity (Wildman–Crippen MR) is 69.8 cm³/mol. The second kappa shape index (κ2) is 4.88. The lowest BCUT2D eigenvalue weighted by Gasteiger charge is -2.18. The molecule has 2 heterocycles. The lowest BCUT2D eigenvalue weighted by molar-refractivity contribution is -0.140. The third-order valence-electron chi connectivity index (χ3n) is 2.24. The van der Waals surface area contributed by atoms with Crippen LogP contribution in [0.1, 0.15) is 0 Å². The zero-order valence-corrected chi connectivity index (χ0v) is 12.4. The Morgan fingerprint density at radius 1 is 1.53 bits per heavy atom. The zero-order chi connectivity index (χ0) is 12.6. The summed E-state index contributed by atoms with van der Waals surface area (Å²) in [5, 5.41) is 8.97. The lowest BCUT2D eigenvalue weighted by atomic mass is 10.4. The molecule has 1 aromatic rings. The van der Waals surface area contributed by atoms with E-state index < -0.39 is 22.0 Å². The van der Waals surface area contributed by atoms with Crippen molar-refractivity contribution < 1.29 is 18.3 Å². The highest BCUT2D eigenvalue weighted by molar-refractivity contribution is 9.11. The van der Waals surface area contributed by atoms with Gasteiger partial charge in [0.2, 0.25) is 0 Å². The summed E-state index contributed by atoms with van der Waals surface area (Å²) >= 11 is 5.58. The number of rotatable bonds is 3. The fourth-order valence-corrected chi connectivity index (χ4v) is 6.68. The molecule has 1 N–H and O–H groups in total. The molecular formula is C8H8BrNO4S3. The lowest BCUT2D eigenvalue weighted by Crippen LogP contribution is -2.41. The minimum atomic E-state index is -3.69. The summed E-state index contributed by atoms with van der Waals surface area (Å²) in [6.45, 7) is 0. The Bertz CT molecular complexity index is 541. The summed E-state index contributed by atoms with van der Waals surface area (Å²) in [6, 6.07) is 2.15. The van der Waals surface area contributed by atoms with Crippen molar-refractivity contribution in [2.75, 3.05) is 11.6 Å². The zero-order valence-electron chi connectivity index (χ0n) is 8.37. The Morgan fingerprint density at radius 2 is 2.24 bits per heavy atom. The number of carbonyl (C=O) groups is 1. The largest absolute Gasteiger partial charge is 0.480 e. The first kappa shape index (κ1) is 13.3. The van der Waals surface area contributed by atoms with Gasteiger partial charge in [-0.15, -0.1) is 23.1 Å². The first-order valence-electron chi connectivity index (χ1n) is 4.50. The van der Waals surface area contributed by atoms with E-state index in [-0.39, 0.29) is 10.1 Å². The van der Waals surface area contributed by atoms with Crippen LogP contribution in [-0.2, 0) is 14.8 Å². The number of aliphatic carboxylic acids is 1. The van der Waals surface area contributed by atoms with Crippen LogP contribution in [0.4, 0.5) is 0 Å². The third-order valence-corrected chi connectivity index (χ3v) is 7.36. The first-order valence-corrected chi connectivity index (χ1v) is 8.71. The maximum Gasteiger partial charge on any atom is 0.322 e. The van der Waals surface area contributed by atoms with Crippen LogP contribution in [0.2, 0.25) is 0 Å². The van der Waals surface area contributed by atoms with Crippen molar-refractivity contribution >= 4 is 55.0 Å². The van der Waals surface area contributed by atoms with Gasteiger partial charge >= 0.3 is 5.97 Å². The normalized spacial score (nSPS) is 21.8. The second-order valence-corrected chi connectivity index (χ2v) is 8.88. The van der Waals surface area contributed by atoms with Gasteiger partial charge in [0.05, 0.1) is 9.66 Å². The molecule has 17 heavy (non-hydrogen) atoms. The van der Waals surface area contributed by atoms with E-state index in [0.717, 1.165) is 15.6 Å². The van der Waals surface area contributed by atoms with Gasteiger partial charge in [-0.3, -0.25) is 4.79 Å². The minimum absolute atomic E-state index is 0.165. The van der Waals surface area contributed by atoms with Crippen molar-refractivity contribution in [2.24, 2.45) is 0 Å². The van der Waals surface area contributed by atoms with Gasteiger partial charge in [-0.1, -0.05) is 0 Å². The smallest absolute Gasteiger partial charge is 0.322 e. The van der Waals surface area contributed by atoms with Gasteiger partial charge in [0, 0.05) is 5.75 Å². The number of hydrogen-bond donors (Lipinski definition) is 1. The van der Waals surface area contributed by atoms with Gasteiger partial charge in [-0.25, -0.2) is 8.42 Å². The monoisotopic (exact) mass is 357 g/mol. The number of sulfonamides is 1. The average Bonchev–Trinajstić information content (AvgIpc) is 2.84. The molecule has 1 atom stereocenters. The Kier molecular flexibility index (Phi) is 3.83. The molecule has 2 rings (SSSR count). The van der Waals surface area contributed by atoms with Crippen molar-refractivity contribution in [2.45, 2.75) is 10.3 Å². The molecule has 0 aromatic carbocycles. The van der Waals surface area contributed by atoms with E-state index in [1.165, 1.54) is 17.8 Å². The summed E-state index contributed by atoms with van der Waals surface area (Å²) in [4.78, 5) is 11.0. The van der Waals surface area contributed by atoms with E-state index in [9.17, 15) is 13.2 Å². The maximum atomic E-state index is 12.2. The van der Waals surface area contributed by atoms with E-state index in [2.05, 4.69) is 15.9 Å². The number of halogens is 1. The van der Waals surface area contributed by atoms with Crippen LogP contribution in [0.25, 0.3) is 0 Å². The van der Waals surface area contributed by atoms with Gasteiger partial charge < -0.3 is 5.11 Å². The molecule has 1 aromatic heterocycles. The number of thiophene rings is 1. The van der Waals surface area contributed by atoms with Crippen LogP contribution in [0.3, 0.4) is 0 Å². The van der Waals surface area contributed by atoms with Crippen LogP contribution in [0.15, 0.2) is 20.1 Å². The number of nitrogens with zero attached hydrogens (tertiary/aromatic N) is 1. The molecule has 1 aliphatic rings. The molecule has 0 amide bonds. The third kappa shape index (κ3) is 2.53. The highest BCUT2D eigenvalue weighted by atomic mass is 79.9. The summed E-state index contributed by atoms with van der Waals surface area (Å²) in [6.07, 6.45) is 0. The highest BCUT2D eigenvalue weighted by Crippen LogP contribution is 2.33. The van der Waals surface area contributed by atoms with Crippen LogP contribution >= 0.6 is 39.0 Å². The molecule has 9 heteroatoms. The fourth-order valence-electron chi connectivity index (χ4n) is 1.41. The van der Waals surface area contributed by atoms with Crippen LogP contribution in [0.5, 0.6) is 0 Å². The van der Waals surface area contributed by atoms with Crippen molar-refractivity contribution in [3.05, 3.63) is 15.9 Å². The Morgan fingerprint density at radius 3 is 2.76 bits per heavy atom. The maximum absolute atomic E-state index is 12.2. The van der Waals surface area contributed by atoms with Gasteiger partial charge in [0.15, 0.2) is 0 Å². The first-order chi connectivity index (χ1) is 7.93. The van der Waals surface area contributed by atoms with Crippen molar-refractivity contribution in [3.63, 3.8) is 0 Å². The Balaban J connectivity index is 2.36. The quantitative estimate of drug-likeness (QED) is 0.890. The van der Waals surface area contributed by atoms with Crippen molar-refractivity contribution in [1.82, 2.24) is 4.31 Å². The summed E-state index contributed by atoms with van der Waals surface area (Å²) in [7, 11) is -3.69. The molecule has 1 saturated heterocycles. The molecule has 1 aliphatic heterocycles. The average molecular weight is 358 g/mol. The molecule has 1 fully saturated rings. The number of carboxylic acid groups (broad SMARTS) is 1. The van der Waals surface area contributed by atoms with Crippen LogP contribution < -0.4 is 0 Å². The Labute approximate surface area is 115 Å². The molecule has 0 spiro atoms. The van der Waals surface area contributed by atoms with E-state index in [1.54, 1.807) is 6.07 Å². The van der Waals surface area contributed by atoms with Crippen molar-refractivity contribution in [1.29, 1.82) is 0 Å². The second-order valence-electron chi connectivity index (χ2n) is 3.30. The van der Waals surface area contributed by atoms with E-state index >= 15 is 0 Å². The van der Waals surface area contributed by atoms with Gasteiger partial charge in [0.25, 0.3) is 10.0 Å². The number of thioether (sulfide) groups is 1. The standard InChI is InChI=1S/C8H8BrNO4S3/c9-6-1-2-7(16-6)17(13,14)10-4-15-3-5(10)8(11)12/h1-2,5H,3-4H2,(H,11,12). The fraction of sp³-hybridized carbons (Fsp3) is 0.375. The minimum Gasteiger partial charge on any atom is -0.480 e. The topological polar surface area (TPSA) is 74.7 Å².